The lowest BCUT2D eigenvalue weighted by molar-refractivity contribution is -0.150. The highest BCUT2D eigenvalue weighted by atomic mass is 16.2. The van der Waals surface area contributed by atoms with Crippen LogP contribution in [0, 0.1) is 17.8 Å². The van der Waals surface area contributed by atoms with Gasteiger partial charge in [0.15, 0.2) is 0 Å². The number of hydrogen-bond donors (Lipinski definition) is 1. The van der Waals surface area contributed by atoms with E-state index >= 15 is 0 Å². The van der Waals surface area contributed by atoms with Gasteiger partial charge in [-0.25, -0.2) is 4.98 Å². The van der Waals surface area contributed by atoms with Gasteiger partial charge in [-0.2, -0.15) is 0 Å². The molecule has 1 unspecified atom stereocenters. The summed E-state index contributed by atoms with van der Waals surface area (Å²) in [5, 5.41) is 3.38. The Morgan fingerprint density at radius 2 is 1.85 bits per heavy atom. The molecule has 1 aromatic heterocycles. The molecule has 34 heavy (non-hydrogen) atoms. The van der Waals surface area contributed by atoms with Crippen LogP contribution in [0.1, 0.15) is 78.2 Å². The van der Waals surface area contributed by atoms with E-state index in [9.17, 15) is 9.59 Å². The molecule has 7 nitrogen and oxygen atoms in total. The third kappa shape index (κ3) is 6.61. The van der Waals surface area contributed by atoms with Gasteiger partial charge in [0.05, 0.1) is 6.04 Å². The van der Waals surface area contributed by atoms with Gasteiger partial charge in [0.1, 0.15) is 11.9 Å². The van der Waals surface area contributed by atoms with Gasteiger partial charge in [-0.1, -0.05) is 41.0 Å². The number of hydrogen-bond acceptors (Lipinski definition) is 4. The Bertz CT molecular complexity index is 810. The standard InChI is InChI=1S/C27H47N5O2/c1-7-8-22-18-29-25(30(22)6)17-21-9-12-31(13-10-21)27(34)24(16-20(4)5)32-14-11-28-23(26(32)33)15-19(2)3/h18-21,23-24,28H,7-17H2,1-6H3/t23-,24?/m0/s1. The van der Waals surface area contributed by atoms with Gasteiger partial charge in [-0.05, 0) is 49.9 Å². The fraction of sp³-hybridized carbons (Fsp3) is 0.815. The Morgan fingerprint density at radius 1 is 1.15 bits per heavy atom. The number of carbonyl (C=O) groups excluding carboxylic acids is 2. The topological polar surface area (TPSA) is 70.5 Å². The summed E-state index contributed by atoms with van der Waals surface area (Å²) in [5.74, 6) is 2.77. The van der Waals surface area contributed by atoms with Gasteiger partial charge in [0.2, 0.25) is 11.8 Å². The van der Waals surface area contributed by atoms with Crippen LogP contribution in [0.15, 0.2) is 6.20 Å². The summed E-state index contributed by atoms with van der Waals surface area (Å²) >= 11 is 0. The SMILES string of the molecule is CCCc1cnc(CC2CCN(C(=O)C(CC(C)C)N3CCN[C@@H](CC(C)C)C3=O)CC2)n1C. The van der Waals surface area contributed by atoms with Crippen LogP contribution >= 0.6 is 0 Å². The second-order valence-corrected chi connectivity index (χ2v) is 11.3. The molecule has 0 aliphatic carbocycles. The smallest absolute Gasteiger partial charge is 0.245 e. The van der Waals surface area contributed by atoms with E-state index in [-0.39, 0.29) is 23.9 Å². The predicted molar refractivity (Wildman–Crippen MR) is 136 cm³/mol. The maximum absolute atomic E-state index is 13.7. The molecule has 192 valence electrons. The van der Waals surface area contributed by atoms with Crippen LogP contribution in [-0.4, -0.2) is 69.4 Å². The molecule has 0 bridgehead atoms. The zero-order valence-electron chi connectivity index (χ0n) is 22.3. The second kappa shape index (κ2) is 12.2. The number of carbonyl (C=O) groups is 2. The maximum atomic E-state index is 13.7. The Kier molecular flexibility index (Phi) is 9.57. The van der Waals surface area contributed by atoms with Crippen molar-refractivity contribution in [3.05, 3.63) is 17.7 Å². The molecule has 1 N–H and O–H groups in total. The summed E-state index contributed by atoms with van der Waals surface area (Å²) in [6.45, 7) is 13.7. The number of imidazole rings is 1. The molecule has 3 rings (SSSR count). The minimum Gasteiger partial charge on any atom is -0.341 e. The molecule has 2 fully saturated rings. The van der Waals surface area contributed by atoms with Crippen molar-refractivity contribution >= 4 is 11.8 Å². The van der Waals surface area contributed by atoms with E-state index in [2.05, 4.69) is 56.5 Å². The Morgan fingerprint density at radius 3 is 2.47 bits per heavy atom. The minimum absolute atomic E-state index is 0.103. The van der Waals surface area contributed by atoms with E-state index in [1.807, 2.05) is 16.0 Å². The number of aryl methyl sites for hydroxylation is 1. The van der Waals surface area contributed by atoms with Gasteiger partial charge in [-0.15, -0.1) is 0 Å². The Balaban J connectivity index is 1.62. The number of aromatic nitrogens is 2. The second-order valence-electron chi connectivity index (χ2n) is 11.3. The van der Waals surface area contributed by atoms with E-state index in [0.29, 0.717) is 24.3 Å². The third-order valence-electron chi connectivity index (χ3n) is 7.47. The van der Waals surface area contributed by atoms with Gasteiger partial charge in [0, 0.05) is 51.5 Å². The molecule has 0 saturated carbocycles. The number of rotatable bonds is 10. The molecular weight excluding hydrogens is 426 g/mol. The van der Waals surface area contributed by atoms with Crippen molar-refractivity contribution in [3.63, 3.8) is 0 Å². The first kappa shape index (κ1) is 26.7. The van der Waals surface area contributed by atoms with Gasteiger partial charge < -0.3 is 19.7 Å². The lowest BCUT2D eigenvalue weighted by Crippen LogP contribution is -2.62. The highest BCUT2D eigenvalue weighted by Crippen LogP contribution is 2.25. The zero-order chi connectivity index (χ0) is 24.8. The van der Waals surface area contributed by atoms with E-state index in [4.69, 9.17) is 0 Å². The summed E-state index contributed by atoms with van der Waals surface area (Å²) < 4.78 is 2.25. The summed E-state index contributed by atoms with van der Waals surface area (Å²) in [5.41, 5.74) is 1.30. The number of amides is 2. The fourth-order valence-electron chi connectivity index (χ4n) is 5.52. The largest absolute Gasteiger partial charge is 0.341 e. The zero-order valence-corrected chi connectivity index (χ0v) is 22.3. The summed E-state index contributed by atoms with van der Waals surface area (Å²) in [4.78, 5) is 35.6. The number of piperazine rings is 1. The highest BCUT2D eigenvalue weighted by molar-refractivity contribution is 5.90. The molecule has 0 radical (unpaired) electrons. The molecule has 1 aromatic rings. The Hall–Kier alpha value is -1.89. The summed E-state index contributed by atoms with van der Waals surface area (Å²) in [7, 11) is 2.12. The first-order valence-electron chi connectivity index (χ1n) is 13.5. The molecule has 2 aliphatic rings. The third-order valence-corrected chi connectivity index (χ3v) is 7.47. The minimum atomic E-state index is -0.341. The van der Waals surface area contributed by atoms with Crippen molar-refractivity contribution in [1.82, 2.24) is 24.7 Å². The predicted octanol–water partition coefficient (Wildman–Crippen LogP) is 3.41. The van der Waals surface area contributed by atoms with E-state index in [1.54, 1.807) is 0 Å². The average molecular weight is 474 g/mol. The molecule has 2 amide bonds. The number of nitrogens with zero attached hydrogens (tertiary/aromatic N) is 4. The number of piperidine rings is 1. The van der Waals surface area contributed by atoms with Crippen molar-refractivity contribution < 1.29 is 9.59 Å². The van der Waals surface area contributed by atoms with Crippen molar-refractivity contribution in [2.24, 2.45) is 24.8 Å². The van der Waals surface area contributed by atoms with Crippen molar-refractivity contribution in [1.29, 1.82) is 0 Å². The van der Waals surface area contributed by atoms with Crippen LogP contribution in [0.3, 0.4) is 0 Å². The van der Waals surface area contributed by atoms with Gasteiger partial charge >= 0.3 is 0 Å². The average Bonchev–Trinajstić information content (AvgIpc) is 3.13. The normalized spacial score (nSPS) is 21.1. The van der Waals surface area contributed by atoms with E-state index in [0.717, 1.165) is 70.4 Å². The van der Waals surface area contributed by atoms with E-state index < -0.39 is 0 Å². The quantitative estimate of drug-likeness (QED) is 0.565. The molecule has 2 aliphatic heterocycles. The first-order valence-corrected chi connectivity index (χ1v) is 13.5. The number of nitrogens with one attached hydrogen (secondary N) is 1. The number of likely N-dealkylation sites (tertiary alicyclic amines) is 1. The molecule has 0 spiro atoms. The van der Waals surface area contributed by atoms with Crippen molar-refractivity contribution in [2.75, 3.05) is 26.2 Å². The lowest BCUT2D eigenvalue weighted by Gasteiger charge is -2.42. The molecular formula is C27H47N5O2. The maximum Gasteiger partial charge on any atom is 0.245 e. The van der Waals surface area contributed by atoms with Crippen molar-refractivity contribution in [2.45, 2.75) is 91.6 Å². The van der Waals surface area contributed by atoms with Crippen LogP contribution in [0.4, 0.5) is 0 Å². The monoisotopic (exact) mass is 473 g/mol. The van der Waals surface area contributed by atoms with Crippen LogP contribution in [0.5, 0.6) is 0 Å². The molecule has 7 heteroatoms. The fourth-order valence-corrected chi connectivity index (χ4v) is 5.52. The summed E-state index contributed by atoms with van der Waals surface area (Å²) in [6, 6.07) is -0.510. The highest BCUT2D eigenvalue weighted by Gasteiger charge is 2.39. The van der Waals surface area contributed by atoms with Gasteiger partial charge in [0.25, 0.3) is 0 Å². The Labute approximate surface area is 206 Å². The summed E-state index contributed by atoms with van der Waals surface area (Å²) in [6.07, 6.45) is 8.74. The molecule has 0 aromatic carbocycles. The van der Waals surface area contributed by atoms with Crippen LogP contribution < -0.4 is 5.32 Å². The van der Waals surface area contributed by atoms with Gasteiger partial charge in [-0.3, -0.25) is 9.59 Å². The van der Waals surface area contributed by atoms with Crippen LogP contribution in [0.25, 0.3) is 0 Å². The molecule has 3 heterocycles. The van der Waals surface area contributed by atoms with E-state index in [1.165, 1.54) is 5.69 Å². The molecule has 2 saturated heterocycles. The van der Waals surface area contributed by atoms with Crippen LogP contribution in [-0.2, 0) is 29.5 Å². The first-order chi connectivity index (χ1) is 16.2. The van der Waals surface area contributed by atoms with Crippen molar-refractivity contribution in [3.8, 4) is 0 Å². The molecule has 2 atom stereocenters. The lowest BCUT2D eigenvalue weighted by atomic mass is 9.91. The van der Waals surface area contributed by atoms with Crippen LogP contribution in [0.2, 0.25) is 0 Å².